The summed E-state index contributed by atoms with van der Waals surface area (Å²) in [6, 6.07) is 15.0. The number of aromatic amines is 1. The summed E-state index contributed by atoms with van der Waals surface area (Å²) in [6.45, 7) is 3.18. The average Bonchev–Trinajstić information content (AvgIpc) is 3.12. The van der Waals surface area contributed by atoms with E-state index in [1.807, 2.05) is 55.5 Å². The van der Waals surface area contributed by atoms with Gasteiger partial charge in [0, 0.05) is 36.8 Å². The molecule has 8 heteroatoms. The molecule has 0 bridgehead atoms. The van der Waals surface area contributed by atoms with Crippen LogP contribution in [-0.2, 0) is 11.3 Å². The molecular formula is C26H26N3O5+. The molecule has 0 radical (unpaired) electrons. The first-order valence-electron chi connectivity index (χ1n) is 11.3. The number of aromatic nitrogens is 2. The summed E-state index contributed by atoms with van der Waals surface area (Å²) in [6.07, 6.45) is 0.594. The minimum absolute atomic E-state index is 0.108. The van der Waals surface area contributed by atoms with E-state index >= 15 is 0 Å². The molecule has 1 aliphatic carbocycles. The number of nitrogens with one attached hydrogen (secondary N) is 2. The molecule has 174 valence electrons. The van der Waals surface area contributed by atoms with Crippen LogP contribution in [0.1, 0.15) is 41.5 Å². The van der Waals surface area contributed by atoms with Crippen LogP contribution in [0.2, 0.25) is 0 Å². The van der Waals surface area contributed by atoms with E-state index < -0.39 is 17.2 Å². The Balaban J connectivity index is 1.84. The van der Waals surface area contributed by atoms with Crippen molar-refractivity contribution < 1.29 is 19.6 Å². The minimum Gasteiger partial charge on any atom is -0.507 e. The Kier molecular flexibility index (Phi) is 5.67. The maximum Gasteiger partial charge on any atom is 0.415 e. The molecule has 1 aromatic heterocycles. The predicted molar refractivity (Wildman–Crippen MR) is 128 cm³/mol. The number of benzene rings is 2. The topological polar surface area (TPSA) is 108 Å². The number of aliphatic hydroxyl groups excluding tert-OH is 1. The number of allylic oxidation sites excluding steroid dienone is 1. The molecule has 1 atom stereocenters. The SMILES string of the molecule is CCOc1ccccc1C1C2=C(O)c3ccccc3C2=[NH+]c2c1c(=O)[nH]c(=O)n2CCCOC. The first kappa shape index (κ1) is 21.9. The molecule has 3 N–H and O–H groups in total. The second-order valence-electron chi connectivity index (χ2n) is 8.23. The van der Waals surface area contributed by atoms with E-state index in [4.69, 9.17) is 9.47 Å². The van der Waals surface area contributed by atoms with Gasteiger partial charge in [0.2, 0.25) is 0 Å². The third-order valence-corrected chi connectivity index (χ3v) is 6.29. The lowest BCUT2D eigenvalue weighted by molar-refractivity contribution is -0.364. The monoisotopic (exact) mass is 460 g/mol. The normalized spacial score (nSPS) is 16.1. The summed E-state index contributed by atoms with van der Waals surface area (Å²) in [7, 11) is 1.61. The number of nitrogens with zero attached hydrogens (tertiary/aromatic N) is 1. The van der Waals surface area contributed by atoms with E-state index in [-0.39, 0.29) is 5.76 Å². The van der Waals surface area contributed by atoms with Crippen molar-refractivity contribution in [2.75, 3.05) is 20.3 Å². The Labute approximate surface area is 195 Å². The molecule has 3 aromatic rings. The summed E-state index contributed by atoms with van der Waals surface area (Å²) < 4.78 is 12.6. The number of methoxy groups -OCH3 is 1. The van der Waals surface area contributed by atoms with Gasteiger partial charge in [-0.2, -0.15) is 4.57 Å². The van der Waals surface area contributed by atoms with E-state index in [0.29, 0.717) is 60.2 Å². The third kappa shape index (κ3) is 3.38. The van der Waals surface area contributed by atoms with Crippen LogP contribution in [0.25, 0.3) is 5.76 Å². The summed E-state index contributed by atoms with van der Waals surface area (Å²) in [5.41, 5.74) is 2.88. The zero-order chi connectivity index (χ0) is 23.8. The maximum absolute atomic E-state index is 13.3. The van der Waals surface area contributed by atoms with Crippen LogP contribution in [-0.4, -0.2) is 40.7 Å². The van der Waals surface area contributed by atoms with Crippen LogP contribution in [0.5, 0.6) is 5.75 Å². The van der Waals surface area contributed by atoms with Gasteiger partial charge in [0.05, 0.1) is 24.6 Å². The van der Waals surface area contributed by atoms with E-state index in [1.54, 1.807) is 7.11 Å². The second kappa shape index (κ2) is 8.79. The number of fused-ring (bicyclic) bond motifs is 4. The molecular weight excluding hydrogens is 434 g/mol. The van der Waals surface area contributed by atoms with E-state index in [2.05, 4.69) is 9.98 Å². The van der Waals surface area contributed by atoms with Gasteiger partial charge >= 0.3 is 5.69 Å². The van der Waals surface area contributed by atoms with Gasteiger partial charge in [-0.05, 0) is 19.1 Å². The largest absolute Gasteiger partial charge is 0.507 e. The predicted octanol–water partition coefficient (Wildman–Crippen LogP) is 1.60. The fraction of sp³-hybridized carbons (Fsp3) is 0.269. The van der Waals surface area contributed by atoms with E-state index in [0.717, 1.165) is 11.1 Å². The van der Waals surface area contributed by atoms with Crippen molar-refractivity contribution >= 4 is 17.3 Å². The number of rotatable bonds is 7. The molecule has 0 saturated carbocycles. The van der Waals surface area contributed by atoms with Crippen molar-refractivity contribution in [1.82, 2.24) is 9.55 Å². The molecule has 2 aliphatic rings. The number of ether oxygens (including phenoxy) is 2. The van der Waals surface area contributed by atoms with Crippen molar-refractivity contribution in [2.24, 2.45) is 0 Å². The maximum atomic E-state index is 13.3. The molecule has 2 aromatic carbocycles. The fourth-order valence-corrected chi connectivity index (χ4v) is 4.88. The van der Waals surface area contributed by atoms with Gasteiger partial charge in [-0.15, -0.1) is 0 Å². The van der Waals surface area contributed by atoms with Crippen LogP contribution in [0.15, 0.2) is 63.7 Å². The van der Waals surface area contributed by atoms with Gasteiger partial charge in [-0.3, -0.25) is 9.78 Å². The summed E-state index contributed by atoms with van der Waals surface area (Å²) in [5, 5.41) is 11.3. The quantitative estimate of drug-likeness (QED) is 0.465. The van der Waals surface area contributed by atoms with Crippen molar-refractivity contribution in [2.45, 2.75) is 25.8 Å². The van der Waals surface area contributed by atoms with E-state index in [9.17, 15) is 14.7 Å². The van der Waals surface area contributed by atoms with Crippen molar-refractivity contribution in [3.8, 4) is 5.75 Å². The smallest absolute Gasteiger partial charge is 0.415 e. The molecule has 2 heterocycles. The van der Waals surface area contributed by atoms with Gasteiger partial charge in [-0.1, -0.05) is 36.4 Å². The van der Waals surface area contributed by atoms with E-state index in [1.165, 1.54) is 4.57 Å². The highest BCUT2D eigenvalue weighted by atomic mass is 16.5. The second-order valence-corrected chi connectivity index (χ2v) is 8.23. The lowest BCUT2D eigenvalue weighted by atomic mass is 9.81. The van der Waals surface area contributed by atoms with Crippen LogP contribution in [0.3, 0.4) is 0 Å². The number of H-pyrrole nitrogens is 1. The Bertz CT molecular complexity index is 1450. The van der Waals surface area contributed by atoms with Gasteiger partial charge < -0.3 is 14.6 Å². The van der Waals surface area contributed by atoms with Gasteiger partial charge in [0.1, 0.15) is 22.8 Å². The number of aliphatic hydroxyl groups is 1. The highest BCUT2D eigenvalue weighted by Gasteiger charge is 2.45. The van der Waals surface area contributed by atoms with Gasteiger partial charge in [0.25, 0.3) is 11.4 Å². The molecule has 34 heavy (non-hydrogen) atoms. The standard InChI is InChI=1S/C26H25N3O5/c1-3-34-18-12-7-6-11-17(18)19-20-22(15-9-4-5-10-16(15)23(20)30)27-24-21(19)25(31)28-26(32)29(24)13-8-14-33-2/h4-7,9-12,19,30H,3,8,13-14H2,1-2H3,(H,28,31,32)/p+1. The Morgan fingerprint density at radius 2 is 1.82 bits per heavy atom. The van der Waals surface area contributed by atoms with Crippen molar-refractivity contribution in [1.29, 1.82) is 0 Å². The number of para-hydroxylation sites is 1. The molecule has 8 nitrogen and oxygen atoms in total. The average molecular weight is 461 g/mol. The molecule has 1 unspecified atom stereocenters. The van der Waals surface area contributed by atoms with Gasteiger partial charge in [-0.25, -0.2) is 9.79 Å². The molecule has 1 aliphatic heterocycles. The molecule has 5 rings (SSSR count). The third-order valence-electron chi connectivity index (χ3n) is 6.29. The summed E-state index contributed by atoms with van der Waals surface area (Å²) >= 11 is 0. The Hall–Kier alpha value is -3.91. The van der Waals surface area contributed by atoms with Gasteiger partial charge in [0.15, 0.2) is 0 Å². The lowest BCUT2D eigenvalue weighted by Gasteiger charge is -2.25. The molecule has 0 saturated heterocycles. The summed E-state index contributed by atoms with van der Waals surface area (Å²) in [4.78, 5) is 32.0. The Morgan fingerprint density at radius 1 is 1.09 bits per heavy atom. The van der Waals surface area contributed by atoms with Crippen molar-refractivity contribution in [3.63, 3.8) is 0 Å². The minimum atomic E-state index is -0.639. The number of hydrogen-bond acceptors (Lipinski definition) is 5. The van der Waals surface area contributed by atoms with Crippen LogP contribution >= 0.6 is 0 Å². The lowest BCUT2D eigenvalue weighted by Crippen LogP contribution is -2.72. The van der Waals surface area contributed by atoms with Crippen molar-refractivity contribution in [3.05, 3.63) is 97.2 Å². The molecule has 0 amide bonds. The van der Waals surface area contributed by atoms with Crippen LogP contribution < -0.4 is 21.0 Å². The van der Waals surface area contributed by atoms with Crippen LogP contribution in [0, 0.1) is 0 Å². The zero-order valence-electron chi connectivity index (χ0n) is 19.1. The zero-order valence-corrected chi connectivity index (χ0v) is 19.1. The highest BCUT2D eigenvalue weighted by molar-refractivity contribution is 6.21. The first-order chi connectivity index (χ1) is 16.6. The molecule has 0 spiro atoms. The molecule has 0 fully saturated rings. The van der Waals surface area contributed by atoms with Crippen LogP contribution in [0.4, 0.5) is 5.82 Å². The number of hydrogen-bond donors (Lipinski definition) is 3. The Morgan fingerprint density at radius 3 is 2.59 bits per heavy atom. The first-order valence-corrected chi connectivity index (χ1v) is 11.3. The fourth-order valence-electron chi connectivity index (χ4n) is 4.88. The summed E-state index contributed by atoms with van der Waals surface area (Å²) in [5.74, 6) is 0.510. The highest BCUT2D eigenvalue weighted by Crippen LogP contribution is 2.45.